The molecule has 0 unspecified atom stereocenters. The molecule has 3 heteroatoms. The number of nitriles is 1. The summed E-state index contributed by atoms with van der Waals surface area (Å²) in [5, 5.41) is 12.5. The molecule has 1 saturated carbocycles. The Morgan fingerprint density at radius 3 is 2.50 bits per heavy atom. The van der Waals surface area contributed by atoms with Crippen molar-refractivity contribution >= 4 is 5.91 Å². The Hall–Kier alpha value is -1.82. The topological polar surface area (TPSA) is 52.9 Å². The van der Waals surface area contributed by atoms with Crippen LogP contribution in [0, 0.1) is 16.7 Å². The predicted octanol–water partition coefficient (Wildman–Crippen LogP) is 3.73. The van der Waals surface area contributed by atoms with Crippen molar-refractivity contribution in [3.63, 3.8) is 0 Å². The smallest absolute Gasteiger partial charge is 0.240 e. The van der Waals surface area contributed by atoms with Crippen LogP contribution in [-0.2, 0) is 4.79 Å². The quantitative estimate of drug-likeness (QED) is 0.906. The zero-order chi connectivity index (χ0) is 14.4. The largest absolute Gasteiger partial charge is 0.348 e. The maximum absolute atomic E-state index is 12.6. The second-order valence-electron chi connectivity index (χ2n) is 5.60. The minimum absolute atomic E-state index is 0.00384. The van der Waals surface area contributed by atoms with Gasteiger partial charge in [-0.25, -0.2) is 0 Å². The van der Waals surface area contributed by atoms with Crippen molar-refractivity contribution in [2.75, 3.05) is 0 Å². The van der Waals surface area contributed by atoms with Crippen LogP contribution in [0.1, 0.15) is 57.1 Å². The van der Waals surface area contributed by atoms with E-state index in [4.69, 9.17) is 0 Å². The van der Waals surface area contributed by atoms with Crippen molar-refractivity contribution < 1.29 is 4.79 Å². The van der Waals surface area contributed by atoms with E-state index in [2.05, 4.69) is 18.3 Å². The second-order valence-corrected chi connectivity index (χ2v) is 5.60. The van der Waals surface area contributed by atoms with Gasteiger partial charge in [-0.05, 0) is 24.8 Å². The molecule has 2 rings (SSSR count). The summed E-state index contributed by atoms with van der Waals surface area (Å²) >= 11 is 0. The summed E-state index contributed by atoms with van der Waals surface area (Å²) in [6.45, 7) is 2.05. The normalized spacial score (nSPS) is 18.8. The molecular formula is C17H22N2O. The van der Waals surface area contributed by atoms with Crippen LogP contribution >= 0.6 is 0 Å². The molecule has 0 aliphatic heterocycles. The fraction of sp³-hybridized carbons (Fsp3) is 0.529. The Morgan fingerprint density at radius 2 is 1.95 bits per heavy atom. The minimum Gasteiger partial charge on any atom is -0.348 e. The van der Waals surface area contributed by atoms with Crippen molar-refractivity contribution in [3.05, 3.63) is 35.9 Å². The van der Waals surface area contributed by atoms with Gasteiger partial charge in [0.1, 0.15) is 5.41 Å². The van der Waals surface area contributed by atoms with Crippen LogP contribution in [0.3, 0.4) is 0 Å². The lowest BCUT2D eigenvalue weighted by Gasteiger charge is -2.31. The summed E-state index contributed by atoms with van der Waals surface area (Å²) in [5.41, 5.74) is 0.299. The van der Waals surface area contributed by atoms with Gasteiger partial charge in [0.15, 0.2) is 0 Å². The van der Waals surface area contributed by atoms with Crippen molar-refractivity contribution in [1.82, 2.24) is 5.32 Å². The summed E-state index contributed by atoms with van der Waals surface area (Å²) in [6, 6.07) is 12.2. The number of nitrogens with one attached hydrogen (secondary N) is 1. The lowest BCUT2D eigenvalue weighted by Crippen LogP contribution is -2.42. The Morgan fingerprint density at radius 1 is 1.30 bits per heavy atom. The number of nitrogens with zero attached hydrogens (tertiary/aromatic N) is 1. The van der Waals surface area contributed by atoms with E-state index in [0.717, 1.165) is 31.2 Å². The molecule has 0 spiro atoms. The Balaban J connectivity index is 2.11. The molecule has 20 heavy (non-hydrogen) atoms. The summed E-state index contributed by atoms with van der Waals surface area (Å²) in [6.07, 6.45) is 5.30. The minimum atomic E-state index is -0.805. The molecule has 106 valence electrons. The molecule has 1 aliphatic carbocycles. The highest BCUT2D eigenvalue weighted by Gasteiger charge is 2.40. The predicted molar refractivity (Wildman–Crippen MR) is 78.7 cm³/mol. The highest BCUT2D eigenvalue weighted by atomic mass is 16.2. The number of benzene rings is 1. The van der Waals surface area contributed by atoms with Crippen molar-refractivity contribution in [1.29, 1.82) is 5.26 Å². The van der Waals surface area contributed by atoms with E-state index in [0.29, 0.717) is 12.8 Å². The van der Waals surface area contributed by atoms with E-state index < -0.39 is 5.41 Å². The number of carbonyl (C=O) groups is 1. The highest BCUT2D eigenvalue weighted by Crippen LogP contribution is 2.36. The molecule has 1 aliphatic rings. The van der Waals surface area contributed by atoms with E-state index in [9.17, 15) is 10.1 Å². The van der Waals surface area contributed by atoms with E-state index in [-0.39, 0.29) is 11.9 Å². The number of hydrogen-bond acceptors (Lipinski definition) is 2. The van der Waals surface area contributed by atoms with E-state index in [1.165, 1.54) is 0 Å². The van der Waals surface area contributed by atoms with Gasteiger partial charge in [0.2, 0.25) is 5.91 Å². The first-order valence-electron chi connectivity index (χ1n) is 7.49. The molecule has 0 saturated heterocycles. The monoisotopic (exact) mass is 270 g/mol. The standard InChI is InChI=1S/C17H22N2O/c1-2-15(14-9-5-3-6-10-14)19-16(20)17(13-18)11-7-4-8-12-17/h3,5-6,9-10,15H,2,4,7-8,11-12H2,1H3,(H,19,20)/t15-/m0/s1. The van der Waals surface area contributed by atoms with Gasteiger partial charge >= 0.3 is 0 Å². The van der Waals surface area contributed by atoms with Gasteiger partial charge in [-0.1, -0.05) is 56.5 Å². The first kappa shape index (κ1) is 14.6. The van der Waals surface area contributed by atoms with Gasteiger partial charge < -0.3 is 5.32 Å². The van der Waals surface area contributed by atoms with Crippen LogP contribution in [0.4, 0.5) is 0 Å². The third-order valence-electron chi connectivity index (χ3n) is 4.27. The lowest BCUT2D eigenvalue weighted by atomic mass is 9.74. The summed E-state index contributed by atoms with van der Waals surface area (Å²) in [4.78, 5) is 12.6. The average molecular weight is 270 g/mol. The lowest BCUT2D eigenvalue weighted by molar-refractivity contribution is -0.130. The molecule has 0 heterocycles. The van der Waals surface area contributed by atoms with Crippen LogP contribution in [0.25, 0.3) is 0 Å². The van der Waals surface area contributed by atoms with Crippen LogP contribution < -0.4 is 5.32 Å². The van der Waals surface area contributed by atoms with Gasteiger partial charge in [-0.15, -0.1) is 0 Å². The van der Waals surface area contributed by atoms with Gasteiger partial charge in [0, 0.05) is 0 Å². The van der Waals surface area contributed by atoms with E-state index in [1.54, 1.807) is 0 Å². The van der Waals surface area contributed by atoms with Crippen LogP contribution in [0.5, 0.6) is 0 Å². The number of hydrogen-bond donors (Lipinski definition) is 1. The van der Waals surface area contributed by atoms with Crippen LogP contribution in [-0.4, -0.2) is 5.91 Å². The zero-order valence-electron chi connectivity index (χ0n) is 12.1. The molecule has 1 aromatic rings. The molecule has 0 aromatic heterocycles. The number of carbonyl (C=O) groups excluding carboxylic acids is 1. The number of rotatable bonds is 4. The maximum Gasteiger partial charge on any atom is 0.240 e. The molecule has 1 aromatic carbocycles. The van der Waals surface area contributed by atoms with Crippen molar-refractivity contribution in [2.24, 2.45) is 5.41 Å². The average Bonchev–Trinajstić information content (AvgIpc) is 2.53. The summed E-state index contributed by atoms with van der Waals surface area (Å²) < 4.78 is 0. The Kier molecular flexibility index (Phi) is 4.79. The van der Waals surface area contributed by atoms with Gasteiger partial charge in [-0.3, -0.25) is 4.79 Å². The van der Waals surface area contributed by atoms with Gasteiger partial charge in [0.25, 0.3) is 0 Å². The van der Waals surface area contributed by atoms with Crippen molar-refractivity contribution in [2.45, 2.75) is 51.5 Å². The molecule has 1 fully saturated rings. The van der Waals surface area contributed by atoms with Crippen molar-refractivity contribution in [3.8, 4) is 6.07 Å². The molecule has 0 radical (unpaired) electrons. The van der Waals surface area contributed by atoms with Gasteiger partial charge in [0.05, 0.1) is 12.1 Å². The van der Waals surface area contributed by atoms with Crippen LogP contribution in [0.2, 0.25) is 0 Å². The molecule has 0 bridgehead atoms. The van der Waals surface area contributed by atoms with E-state index in [1.807, 2.05) is 30.3 Å². The van der Waals surface area contributed by atoms with Gasteiger partial charge in [-0.2, -0.15) is 5.26 Å². The molecular weight excluding hydrogens is 248 g/mol. The third kappa shape index (κ3) is 3.01. The highest BCUT2D eigenvalue weighted by molar-refractivity contribution is 5.85. The first-order chi connectivity index (χ1) is 9.72. The fourth-order valence-electron chi connectivity index (χ4n) is 2.95. The SMILES string of the molecule is CC[C@H](NC(=O)C1(C#N)CCCCC1)c1ccccc1. The fourth-order valence-corrected chi connectivity index (χ4v) is 2.95. The first-order valence-corrected chi connectivity index (χ1v) is 7.49. The summed E-state index contributed by atoms with van der Waals surface area (Å²) in [5.74, 6) is -0.0876. The Bertz CT molecular complexity index is 483. The number of amides is 1. The zero-order valence-corrected chi connectivity index (χ0v) is 12.1. The summed E-state index contributed by atoms with van der Waals surface area (Å²) in [7, 11) is 0. The molecule has 1 amide bonds. The Labute approximate surface area is 121 Å². The van der Waals surface area contributed by atoms with Crippen LogP contribution in [0.15, 0.2) is 30.3 Å². The second kappa shape index (κ2) is 6.56. The molecule has 1 atom stereocenters. The maximum atomic E-state index is 12.6. The van der Waals surface area contributed by atoms with E-state index >= 15 is 0 Å². The third-order valence-corrected chi connectivity index (χ3v) is 4.27. The molecule has 3 nitrogen and oxygen atoms in total. The molecule has 1 N–H and O–H groups in total.